The lowest BCUT2D eigenvalue weighted by atomic mass is 9.88. The lowest BCUT2D eigenvalue weighted by molar-refractivity contribution is -0.384. The average Bonchev–Trinajstić information content (AvgIpc) is 2.94. The van der Waals surface area contributed by atoms with E-state index < -0.39 is 45.4 Å². The zero-order valence-electron chi connectivity index (χ0n) is 21.2. The third-order valence-electron chi connectivity index (χ3n) is 6.76. The highest BCUT2D eigenvalue weighted by molar-refractivity contribution is 6.07. The molecule has 1 aliphatic heterocycles. The average molecular weight is 576 g/mol. The van der Waals surface area contributed by atoms with Crippen LogP contribution in [0.25, 0.3) is 6.08 Å². The Morgan fingerprint density at radius 3 is 1.95 bits per heavy atom. The van der Waals surface area contributed by atoms with Gasteiger partial charge < -0.3 is 4.90 Å². The number of allylic oxidation sites excluding steroid dienone is 1. The Kier molecular flexibility index (Phi) is 8.32. The molecule has 0 amide bonds. The maximum Gasteiger partial charge on any atom is 0.416 e. The molecule has 0 spiro atoms. The Balaban J connectivity index is 1.52. The quantitative estimate of drug-likeness (QED) is 0.0950. The summed E-state index contributed by atoms with van der Waals surface area (Å²) < 4.78 is 78.6. The van der Waals surface area contributed by atoms with Crippen molar-refractivity contribution in [2.24, 2.45) is 5.92 Å². The highest BCUT2D eigenvalue weighted by Gasteiger charge is 2.36. The minimum Gasteiger partial charge on any atom is -0.366 e. The fraction of sp³-hybridized carbons (Fsp3) is 0.241. The molecule has 1 fully saturated rings. The summed E-state index contributed by atoms with van der Waals surface area (Å²) in [7, 11) is 0. The van der Waals surface area contributed by atoms with Crippen LogP contribution in [0.2, 0.25) is 0 Å². The van der Waals surface area contributed by atoms with Crippen molar-refractivity contribution >= 4 is 29.0 Å². The molecule has 214 valence electrons. The van der Waals surface area contributed by atoms with E-state index in [2.05, 4.69) is 0 Å². The van der Waals surface area contributed by atoms with Crippen LogP contribution in [-0.2, 0) is 12.4 Å². The number of nitro benzene ring substituents is 1. The van der Waals surface area contributed by atoms with Gasteiger partial charge in [-0.1, -0.05) is 36.4 Å². The summed E-state index contributed by atoms with van der Waals surface area (Å²) in [5.41, 5.74) is -3.33. The third-order valence-corrected chi connectivity index (χ3v) is 6.76. The standard InChI is InChI=1S/C29H22F6N2O4/c30-28(31,32)22-14-18(15-23(17-22)29(33,34)35)6-9-26(38)21-7-8-24(25(16-21)37(40)41)36-12-10-20(11-13-36)27(39)19-4-2-1-3-5-19/h1-9,14-17,20H,10-13H2/b9-6+. The molecule has 1 aliphatic rings. The van der Waals surface area contributed by atoms with E-state index in [0.29, 0.717) is 43.6 Å². The van der Waals surface area contributed by atoms with Gasteiger partial charge in [-0.15, -0.1) is 0 Å². The van der Waals surface area contributed by atoms with Crippen LogP contribution in [0.4, 0.5) is 37.7 Å². The van der Waals surface area contributed by atoms with Crippen molar-refractivity contribution in [2.75, 3.05) is 18.0 Å². The molecule has 0 radical (unpaired) electrons. The lowest BCUT2D eigenvalue weighted by Crippen LogP contribution is -2.36. The van der Waals surface area contributed by atoms with Gasteiger partial charge in [0.1, 0.15) is 5.69 Å². The van der Waals surface area contributed by atoms with E-state index in [0.717, 1.165) is 18.2 Å². The smallest absolute Gasteiger partial charge is 0.366 e. The van der Waals surface area contributed by atoms with Gasteiger partial charge in [-0.2, -0.15) is 26.3 Å². The molecule has 4 rings (SSSR count). The molecule has 0 aliphatic carbocycles. The van der Waals surface area contributed by atoms with E-state index in [4.69, 9.17) is 0 Å². The molecule has 12 heteroatoms. The van der Waals surface area contributed by atoms with Crippen LogP contribution in [0, 0.1) is 16.0 Å². The molecular weight excluding hydrogens is 554 g/mol. The van der Waals surface area contributed by atoms with E-state index in [1.807, 2.05) is 0 Å². The van der Waals surface area contributed by atoms with Crippen LogP contribution >= 0.6 is 0 Å². The van der Waals surface area contributed by atoms with E-state index in [1.165, 1.54) is 12.1 Å². The van der Waals surface area contributed by atoms with Crippen LogP contribution in [0.15, 0.2) is 72.8 Å². The molecule has 3 aromatic carbocycles. The van der Waals surface area contributed by atoms with E-state index >= 15 is 0 Å². The Morgan fingerprint density at radius 2 is 1.41 bits per heavy atom. The molecule has 1 heterocycles. The Morgan fingerprint density at radius 1 is 0.829 bits per heavy atom. The molecule has 0 aromatic heterocycles. The number of hydrogen-bond acceptors (Lipinski definition) is 5. The van der Waals surface area contributed by atoms with Crippen LogP contribution in [0.3, 0.4) is 0 Å². The number of alkyl halides is 6. The van der Waals surface area contributed by atoms with Gasteiger partial charge in [0, 0.05) is 36.2 Å². The molecule has 41 heavy (non-hydrogen) atoms. The van der Waals surface area contributed by atoms with E-state index in [9.17, 15) is 46.0 Å². The highest BCUT2D eigenvalue weighted by Crippen LogP contribution is 2.37. The van der Waals surface area contributed by atoms with Gasteiger partial charge in [-0.05, 0) is 54.8 Å². The first-order chi connectivity index (χ1) is 19.2. The molecule has 6 nitrogen and oxygen atoms in total. The number of halogens is 6. The third kappa shape index (κ3) is 7.00. The first-order valence-corrected chi connectivity index (χ1v) is 12.4. The van der Waals surface area contributed by atoms with Crippen LogP contribution in [-0.4, -0.2) is 29.6 Å². The minimum absolute atomic E-state index is 0.00407. The van der Waals surface area contributed by atoms with Gasteiger partial charge in [0.2, 0.25) is 0 Å². The number of Topliss-reactive ketones (excluding diaryl/α,β-unsaturated/α-hetero) is 1. The number of carbonyl (C=O) groups excluding carboxylic acids is 2. The second-order valence-electron chi connectivity index (χ2n) is 9.49. The normalized spacial score (nSPS) is 14.8. The summed E-state index contributed by atoms with van der Waals surface area (Å²) >= 11 is 0. The number of nitro groups is 1. The fourth-order valence-corrected chi connectivity index (χ4v) is 4.65. The zero-order chi connectivity index (χ0) is 29.9. The topological polar surface area (TPSA) is 80.5 Å². The van der Waals surface area contributed by atoms with Crippen molar-refractivity contribution in [3.8, 4) is 0 Å². The van der Waals surface area contributed by atoms with E-state index in [-0.39, 0.29) is 29.0 Å². The number of ketones is 2. The van der Waals surface area contributed by atoms with Crippen molar-refractivity contribution in [3.05, 3.63) is 111 Å². The predicted octanol–water partition coefficient (Wildman–Crippen LogP) is 7.63. The molecule has 0 unspecified atom stereocenters. The van der Waals surface area contributed by atoms with Gasteiger partial charge >= 0.3 is 12.4 Å². The number of anilines is 1. The maximum absolute atomic E-state index is 13.1. The predicted molar refractivity (Wildman–Crippen MR) is 139 cm³/mol. The molecule has 0 saturated carbocycles. The van der Waals surface area contributed by atoms with Crippen LogP contribution in [0.1, 0.15) is 50.2 Å². The number of rotatable bonds is 7. The summed E-state index contributed by atoms with van der Waals surface area (Å²) in [5, 5.41) is 11.8. The summed E-state index contributed by atoms with van der Waals surface area (Å²) in [6.07, 6.45) is -7.62. The van der Waals surface area contributed by atoms with Gasteiger partial charge in [0.15, 0.2) is 11.6 Å². The summed E-state index contributed by atoms with van der Waals surface area (Å²) in [4.78, 5) is 38.3. The zero-order valence-corrected chi connectivity index (χ0v) is 21.2. The first-order valence-electron chi connectivity index (χ1n) is 12.4. The number of benzene rings is 3. The second kappa shape index (κ2) is 11.6. The van der Waals surface area contributed by atoms with Crippen molar-refractivity contribution in [2.45, 2.75) is 25.2 Å². The number of piperidine rings is 1. The summed E-state index contributed by atoms with van der Waals surface area (Å²) in [5.74, 6) is -1.10. The monoisotopic (exact) mass is 576 g/mol. The maximum atomic E-state index is 13.1. The van der Waals surface area contributed by atoms with Crippen molar-refractivity contribution < 1.29 is 40.9 Å². The number of hydrogen-bond donors (Lipinski definition) is 0. The van der Waals surface area contributed by atoms with Crippen LogP contribution in [0.5, 0.6) is 0 Å². The Bertz CT molecular complexity index is 1460. The molecule has 0 atom stereocenters. The lowest BCUT2D eigenvalue weighted by Gasteiger charge is -2.32. The summed E-state index contributed by atoms with van der Waals surface area (Å²) in [6, 6.07) is 13.4. The van der Waals surface area contributed by atoms with Crippen LogP contribution < -0.4 is 4.90 Å². The number of nitrogens with zero attached hydrogens (tertiary/aromatic N) is 2. The molecule has 3 aromatic rings. The SMILES string of the molecule is O=C(/C=C/c1cc(C(F)(F)F)cc(C(F)(F)F)c1)c1ccc(N2CCC(C(=O)c3ccccc3)CC2)c([N+](=O)[O-])c1. The van der Waals surface area contributed by atoms with Gasteiger partial charge in [-0.3, -0.25) is 19.7 Å². The largest absolute Gasteiger partial charge is 0.416 e. The summed E-state index contributed by atoms with van der Waals surface area (Å²) in [6.45, 7) is 0.711. The minimum atomic E-state index is -5.05. The van der Waals surface area contributed by atoms with Crippen molar-refractivity contribution in [1.29, 1.82) is 0 Å². The van der Waals surface area contributed by atoms with Crippen molar-refractivity contribution in [1.82, 2.24) is 0 Å². The van der Waals surface area contributed by atoms with E-state index in [1.54, 1.807) is 35.2 Å². The Labute approximate surface area is 230 Å². The highest BCUT2D eigenvalue weighted by atomic mass is 19.4. The first kappa shape index (κ1) is 29.5. The van der Waals surface area contributed by atoms with Gasteiger partial charge in [0.25, 0.3) is 5.69 Å². The van der Waals surface area contributed by atoms with Crippen molar-refractivity contribution in [3.63, 3.8) is 0 Å². The van der Waals surface area contributed by atoms with Gasteiger partial charge in [0.05, 0.1) is 16.1 Å². The molecule has 1 saturated heterocycles. The number of carbonyl (C=O) groups is 2. The Hall–Kier alpha value is -4.48. The molecular formula is C29H22F6N2O4. The fourth-order valence-electron chi connectivity index (χ4n) is 4.65. The molecule has 0 N–H and O–H groups in total. The molecule has 0 bridgehead atoms. The second-order valence-corrected chi connectivity index (χ2v) is 9.49. The van der Waals surface area contributed by atoms with Gasteiger partial charge in [-0.25, -0.2) is 0 Å².